The van der Waals surface area contributed by atoms with Crippen LogP contribution >= 0.6 is 11.6 Å². The minimum atomic E-state index is 0.245. The van der Waals surface area contributed by atoms with E-state index in [0.717, 1.165) is 40.9 Å². The van der Waals surface area contributed by atoms with Gasteiger partial charge in [0.05, 0.1) is 5.69 Å². The molecule has 0 radical (unpaired) electrons. The van der Waals surface area contributed by atoms with E-state index in [9.17, 15) is 0 Å². The van der Waals surface area contributed by atoms with Crippen LogP contribution in [0, 0.1) is 13.8 Å². The summed E-state index contributed by atoms with van der Waals surface area (Å²) in [7, 11) is 0. The average Bonchev–Trinajstić information content (AvgIpc) is 2.75. The third kappa shape index (κ3) is 3.19. The van der Waals surface area contributed by atoms with E-state index in [1.165, 1.54) is 0 Å². The quantitative estimate of drug-likeness (QED) is 0.915. The number of aryl methyl sites for hydroxylation is 2. The molecule has 0 amide bonds. The predicted octanol–water partition coefficient (Wildman–Crippen LogP) is 3.60. The predicted molar refractivity (Wildman–Crippen MR) is 82.6 cm³/mol. The van der Waals surface area contributed by atoms with Crippen LogP contribution in [0.3, 0.4) is 0 Å². The second-order valence-electron chi connectivity index (χ2n) is 5.00. The number of hydrogen-bond acceptors (Lipinski definition) is 3. The molecule has 0 fully saturated rings. The van der Waals surface area contributed by atoms with E-state index >= 15 is 0 Å². The van der Waals surface area contributed by atoms with Gasteiger partial charge in [0, 0.05) is 11.1 Å². The summed E-state index contributed by atoms with van der Waals surface area (Å²) in [5.74, 6) is 1.63. The van der Waals surface area contributed by atoms with Crippen LogP contribution in [0.15, 0.2) is 18.2 Å². The number of hydrogen-bond donors (Lipinski definition) is 1. The molecule has 0 saturated heterocycles. The molecule has 1 N–H and O–H groups in total. The molecular formula is C15H21ClN4. The Kier molecular flexibility index (Phi) is 4.78. The van der Waals surface area contributed by atoms with Gasteiger partial charge in [-0.3, -0.25) is 0 Å². The number of aromatic nitrogens is 3. The summed E-state index contributed by atoms with van der Waals surface area (Å²) in [5.41, 5.74) is 2.05. The second kappa shape index (κ2) is 6.37. The van der Waals surface area contributed by atoms with Crippen LogP contribution in [0.25, 0.3) is 5.69 Å². The average molecular weight is 293 g/mol. The van der Waals surface area contributed by atoms with Crippen LogP contribution in [0.5, 0.6) is 0 Å². The van der Waals surface area contributed by atoms with Gasteiger partial charge in [0.15, 0.2) is 0 Å². The first-order valence-corrected chi connectivity index (χ1v) is 7.34. The maximum absolute atomic E-state index is 6.41. The minimum Gasteiger partial charge on any atom is -0.310 e. The van der Waals surface area contributed by atoms with Crippen LogP contribution in [-0.4, -0.2) is 21.3 Å². The smallest absolute Gasteiger partial charge is 0.148 e. The molecule has 5 heteroatoms. The van der Waals surface area contributed by atoms with Crippen molar-refractivity contribution in [2.75, 3.05) is 6.54 Å². The zero-order chi connectivity index (χ0) is 14.7. The molecule has 1 heterocycles. The van der Waals surface area contributed by atoms with Crippen molar-refractivity contribution in [3.8, 4) is 5.69 Å². The van der Waals surface area contributed by atoms with Crippen molar-refractivity contribution in [2.45, 2.75) is 40.2 Å². The van der Waals surface area contributed by atoms with Crippen LogP contribution in [0.4, 0.5) is 0 Å². The van der Waals surface area contributed by atoms with Crippen LogP contribution in [-0.2, 0) is 0 Å². The summed E-state index contributed by atoms with van der Waals surface area (Å²) in [6.07, 6.45) is 1.11. The molecule has 2 aromatic rings. The fourth-order valence-corrected chi connectivity index (χ4v) is 2.57. The van der Waals surface area contributed by atoms with Gasteiger partial charge in [-0.2, -0.15) is 5.10 Å². The Labute approximate surface area is 125 Å². The van der Waals surface area contributed by atoms with Gasteiger partial charge < -0.3 is 5.32 Å². The van der Waals surface area contributed by atoms with Crippen LogP contribution < -0.4 is 5.32 Å². The standard InChI is InChI=1S/C15H21ClN4/c1-5-8-17-10(2)14-7-6-13(9-15(14)16)20-12(4)18-11(3)19-20/h6-7,9-10,17H,5,8H2,1-4H3. The Hall–Kier alpha value is -1.39. The summed E-state index contributed by atoms with van der Waals surface area (Å²) < 4.78 is 1.81. The minimum absolute atomic E-state index is 0.245. The van der Waals surface area contributed by atoms with Crippen molar-refractivity contribution in [2.24, 2.45) is 0 Å². The fraction of sp³-hybridized carbons (Fsp3) is 0.467. The number of benzene rings is 1. The lowest BCUT2D eigenvalue weighted by molar-refractivity contribution is 0.570. The monoisotopic (exact) mass is 292 g/mol. The third-order valence-corrected chi connectivity index (χ3v) is 3.60. The summed E-state index contributed by atoms with van der Waals surface area (Å²) >= 11 is 6.41. The third-order valence-electron chi connectivity index (χ3n) is 3.27. The number of nitrogens with zero attached hydrogens (tertiary/aromatic N) is 3. The lowest BCUT2D eigenvalue weighted by Crippen LogP contribution is -2.19. The number of halogens is 1. The molecule has 2 rings (SSSR count). The van der Waals surface area contributed by atoms with E-state index in [-0.39, 0.29) is 6.04 Å². The topological polar surface area (TPSA) is 42.7 Å². The van der Waals surface area contributed by atoms with E-state index in [4.69, 9.17) is 11.6 Å². The van der Waals surface area contributed by atoms with Crippen molar-refractivity contribution in [3.05, 3.63) is 40.4 Å². The first kappa shape index (κ1) is 15.0. The highest BCUT2D eigenvalue weighted by molar-refractivity contribution is 6.31. The molecule has 1 aromatic carbocycles. The molecular weight excluding hydrogens is 272 g/mol. The molecule has 1 unspecified atom stereocenters. The molecule has 108 valence electrons. The molecule has 0 aliphatic rings. The first-order chi connectivity index (χ1) is 9.52. The van der Waals surface area contributed by atoms with Gasteiger partial charge >= 0.3 is 0 Å². The van der Waals surface area contributed by atoms with Crippen molar-refractivity contribution in [3.63, 3.8) is 0 Å². The van der Waals surface area contributed by atoms with Crippen molar-refractivity contribution >= 4 is 11.6 Å². The molecule has 1 aromatic heterocycles. The highest BCUT2D eigenvalue weighted by atomic mass is 35.5. The highest BCUT2D eigenvalue weighted by Crippen LogP contribution is 2.25. The van der Waals surface area contributed by atoms with Crippen LogP contribution in [0.1, 0.15) is 43.5 Å². The van der Waals surface area contributed by atoms with E-state index < -0.39 is 0 Å². The summed E-state index contributed by atoms with van der Waals surface area (Å²) in [4.78, 5) is 4.31. The molecule has 0 bridgehead atoms. The summed E-state index contributed by atoms with van der Waals surface area (Å²) in [5, 5.41) is 8.58. The molecule has 1 atom stereocenters. The SMILES string of the molecule is CCCNC(C)c1ccc(-n2nc(C)nc2C)cc1Cl. The normalized spacial score (nSPS) is 12.7. The maximum Gasteiger partial charge on any atom is 0.148 e. The van der Waals surface area contributed by atoms with Crippen molar-refractivity contribution < 1.29 is 0 Å². The van der Waals surface area contributed by atoms with Crippen molar-refractivity contribution in [1.82, 2.24) is 20.1 Å². The Balaban J connectivity index is 2.28. The van der Waals surface area contributed by atoms with E-state index in [1.54, 1.807) is 0 Å². The van der Waals surface area contributed by atoms with Gasteiger partial charge in [-0.15, -0.1) is 0 Å². The second-order valence-corrected chi connectivity index (χ2v) is 5.41. The van der Waals surface area contributed by atoms with E-state index in [1.807, 2.05) is 30.7 Å². The molecule has 0 spiro atoms. The Morgan fingerprint density at radius 3 is 2.65 bits per heavy atom. The maximum atomic E-state index is 6.41. The Morgan fingerprint density at radius 2 is 2.10 bits per heavy atom. The van der Waals surface area contributed by atoms with Gasteiger partial charge in [-0.1, -0.05) is 24.6 Å². The lowest BCUT2D eigenvalue weighted by atomic mass is 10.1. The molecule has 4 nitrogen and oxygen atoms in total. The van der Waals surface area contributed by atoms with Crippen molar-refractivity contribution in [1.29, 1.82) is 0 Å². The molecule has 20 heavy (non-hydrogen) atoms. The Morgan fingerprint density at radius 1 is 1.35 bits per heavy atom. The van der Waals surface area contributed by atoms with Gasteiger partial charge in [0.1, 0.15) is 11.6 Å². The summed E-state index contributed by atoms with van der Waals surface area (Å²) in [6, 6.07) is 6.28. The fourth-order valence-electron chi connectivity index (χ4n) is 2.24. The Bertz CT molecular complexity index is 592. The zero-order valence-corrected chi connectivity index (χ0v) is 13.2. The van der Waals surface area contributed by atoms with E-state index in [2.05, 4.69) is 35.3 Å². The van der Waals surface area contributed by atoms with E-state index in [0.29, 0.717) is 0 Å². The molecule has 0 saturated carbocycles. The largest absolute Gasteiger partial charge is 0.310 e. The lowest BCUT2D eigenvalue weighted by Gasteiger charge is -2.16. The zero-order valence-electron chi connectivity index (χ0n) is 12.4. The highest BCUT2D eigenvalue weighted by Gasteiger charge is 2.11. The number of rotatable bonds is 5. The first-order valence-electron chi connectivity index (χ1n) is 6.96. The van der Waals surface area contributed by atoms with Gasteiger partial charge in [-0.25, -0.2) is 9.67 Å². The van der Waals surface area contributed by atoms with Gasteiger partial charge in [0.25, 0.3) is 0 Å². The summed E-state index contributed by atoms with van der Waals surface area (Å²) in [6.45, 7) is 9.09. The number of nitrogens with one attached hydrogen (secondary N) is 1. The molecule has 0 aliphatic carbocycles. The molecule has 0 aliphatic heterocycles. The van der Waals surface area contributed by atoms with Gasteiger partial charge in [0.2, 0.25) is 0 Å². The van der Waals surface area contributed by atoms with Crippen LogP contribution in [0.2, 0.25) is 5.02 Å². The van der Waals surface area contributed by atoms with Gasteiger partial charge in [-0.05, 0) is 51.4 Å².